The molecule has 0 amide bonds. The van der Waals surface area contributed by atoms with Crippen LogP contribution in [0, 0.1) is 0 Å². The summed E-state index contributed by atoms with van der Waals surface area (Å²) in [5, 5.41) is 18.6. The standard InChI is InChI=1S/C14H17N3O3S2/c1-2-17-13(10-6-4-3-5-7-10)15-16-14(17)21-12-9-22(19,20)8-11(12)18/h3-7,11-12,18H,2,8-9H2,1H3/t11-,12-/m1/s1. The number of hydrogen-bond donors (Lipinski definition) is 1. The third kappa shape index (κ3) is 3.04. The fourth-order valence-electron chi connectivity index (χ4n) is 2.51. The van der Waals surface area contributed by atoms with Gasteiger partial charge in [-0.05, 0) is 6.92 Å². The Morgan fingerprint density at radius 2 is 2.00 bits per heavy atom. The summed E-state index contributed by atoms with van der Waals surface area (Å²) in [6.07, 6.45) is -0.850. The van der Waals surface area contributed by atoms with Crippen molar-refractivity contribution < 1.29 is 13.5 Å². The molecule has 2 aromatic rings. The van der Waals surface area contributed by atoms with E-state index in [1.807, 2.05) is 41.8 Å². The smallest absolute Gasteiger partial charge is 0.191 e. The molecule has 22 heavy (non-hydrogen) atoms. The molecule has 0 spiro atoms. The lowest BCUT2D eigenvalue weighted by atomic mass is 10.2. The highest BCUT2D eigenvalue weighted by molar-refractivity contribution is 8.01. The van der Waals surface area contributed by atoms with Crippen molar-refractivity contribution in [3.8, 4) is 11.4 Å². The van der Waals surface area contributed by atoms with Crippen molar-refractivity contribution in [3.05, 3.63) is 30.3 Å². The van der Waals surface area contributed by atoms with E-state index in [-0.39, 0.29) is 16.8 Å². The molecule has 1 saturated heterocycles. The van der Waals surface area contributed by atoms with E-state index in [0.717, 1.165) is 11.4 Å². The molecule has 1 aromatic carbocycles. The Morgan fingerprint density at radius 1 is 1.27 bits per heavy atom. The molecular weight excluding hydrogens is 322 g/mol. The quantitative estimate of drug-likeness (QED) is 0.901. The number of benzene rings is 1. The summed E-state index contributed by atoms with van der Waals surface area (Å²) in [4.78, 5) is 0. The van der Waals surface area contributed by atoms with Crippen LogP contribution in [0.4, 0.5) is 0 Å². The van der Waals surface area contributed by atoms with Crippen molar-refractivity contribution in [3.63, 3.8) is 0 Å². The molecule has 2 atom stereocenters. The highest BCUT2D eigenvalue weighted by Crippen LogP contribution is 2.32. The molecule has 1 aliphatic heterocycles. The summed E-state index contributed by atoms with van der Waals surface area (Å²) in [6.45, 7) is 2.66. The van der Waals surface area contributed by atoms with E-state index < -0.39 is 15.9 Å². The molecule has 0 bridgehead atoms. The number of rotatable bonds is 4. The van der Waals surface area contributed by atoms with Crippen LogP contribution in [0.3, 0.4) is 0 Å². The molecule has 0 aliphatic carbocycles. The van der Waals surface area contributed by atoms with Crippen LogP contribution in [0.1, 0.15) is 6.92 Å². The molecule has 2 heterocycles. The summed E-state index contributed by atoms with van der Waals surface area (Å²) in [6, 6.07) is 9.72. The van der Waals surface area contributed by atoms with Crippen LogP contribution < -0.4 is 0 Å². The van der Waals surface area contributed by atoms with E-state index in [4.69, 9.17) is 0 Å². The highest BCUT2D eigenvalue weighted by Gasteiger charge is 2.38. The van der Waals surface area contributed by atoms with Crippen LogP contribution in [0.25, 0.3) is 11.4 Å². The van der Waals surface area contributed by atoms with Gasteiger partial charge >= 0.3 is 0 Å². The third-order valence-electron chi connectivity index (χ3n) is 3.59. The van der Waals surface area contributed by atoms with Crippen molar-refractivity contribution in [2.45, 2.75) is 30.0 Å². The number of sulfone groups is 1. The van der Waals surface area contributed by atoms with E-state index in [1.165, 1.54) is 11.8 Å². The van der Waals surface area contributed by atoms with Gasteiger partial charge in [0.05, 0.1) is 22.9 Å². The average molecular weight is 339 g/mol. The minimum atomic E-state index is -3.16. The minimum Gasteiger partial charge on any atom is -0.391 e. The SMILES string of the molecule is CCn1c(S[C@@H]2CS(=O)(=O)C[C@H]2O)nnc1-c1ccccc1. The highest BCUT2D eigenvalue weighted by atomic mass is 32.2. The zero-order chi connectivity index (χ0) is 15.7. The van der Waals surface area contributed by atoms with Crippen molar-refractivity contribution in [2.75, 3.05) is 11.5 Å². The van der Waals surface area contributed by atoms with Crippen LogP contribution in [0.15, 0.2) is 35.5 Å². The van der Waals surface area contributed by atoms with Crippen LogP contribution >= 0.6 is 11.8 Å². The minimum absolute atomic E-state index is 0.0178. The fourth-order valence-corrected chi connectivity index (χ4v) is 6.09. The predicted octanol–water partition coefficient (Wildman–Crippen LogP) is 1.22. The van der Waals surface area contributed by atoms with Crippen LogP contribution in [-0.2, 0) is 16.4 Å². The first-order valence-corrected chi connectivity index (χ1v) is 9.74. The first-order chi connectivity index (χ1) is 10.5. The molecule has 3 rings (SSSR count). The molecule has 1 fully saturated rings. The van der Waals surface area contributed by atoms with Crippen molar-refractivity contribution >= 4 is 21.6 Å². The zero-order valence-corrected chi connectivity index (χ0v) is 13.7. The second-order valence-electron chi connectivity index (χ2n) is 5.22. The molecule has 8 heteroatoms. The van der Waals surface area contributed by atoms with E-state index >= 15 is 0 Å². The fraction of sp³-hybridized carbons (Fsp3) is 0.429. The van der Waals surface area contributed by atoms with Crippen molar-refractivity contribution in [1.82, 2.24) is 14.8 Å². The van der Waals surface area contributed by atoms with E-state index in [0.29, 0.717) is 11.7 Å². The van der Waals surface area contributed by atoms with Gasteiger partial charge in [-0.2, -0.15) is 0 Å². The summed E-state index contributed by atoms with van der Waals surface area (Å²) < 4.78 is 25.2. The summed E-state index contributed by atoms with van der Waals surface area (Å²) in [5.74, 6) is 0.563. The van der Waals surface area contributed by atoms with Gasteiger partial charge < -0.3 is 9.67 Å². The number of aliphatic hydroxyl groups excluding tert-OH is 1. The van der Waals surface area contributed by atoms with Gasteiger partial charge in [-0.1, -0.05) is 42.1 Å². The van der Waals surface area contributed by atoms with E-state index in [1.54, 1.807) is 0 Å². The normalized spacial score (nSPS) is 23.7. The molecular formula is C14H17N3O3S2. The third-order valence-corrected chi connectivity index (χ3v) is 6.82. The Bertz CT molecular complexity index is 759. The maximum Gasteiger partial charge on any atom is 0.191 e. The van der Waals surface area contributed by atoms with Gasteiger partial charge in [0, 0.05) is 12.1 Å². The lowest BCUT2D eigenvalue weighted by Gasteiger charge is -2.12. The summed E-state index contributed by atoms with van der Waals surface area (Å²) in [7, 11) is -3.16. The van der Waals surface area contributed by atoms with Crippen LogP contribution in [0.2, 0.25) is 0 Å². The second kappa shape index (κ2) is 6.02. The summed E-state index contributed by atoms with van der Waals surface area (Å²) >= 11 is 1.29. The number of nitrogens with zero attached hydrogens (tertiary/aromatic N) is 3. The predicted molar refractivity (Wildman–Crippen MR) is 85.4 cm³/mol. The van der Waals surface area contributed by atoms with E-state index in [9.17, 15) is 13.5 Å². The molecule has 1 aliphatic rings. The first kappa shape index (κ1) is 15.5. The molecule has 6 nitrogen and oxygen atoms in total. The number of aliphatic hydroxyl groups is 1. The number of aromatic nitrogens is 3. The lowest BCUT2D eigenvalue weighted by Crippen LogP contribution is -2.20. The lowest BCUT2D eigenvalue weighted by molar-refractivity contribution is 0.207. The van der Waals surface area contributed by atoms with Gasteiger partial charge in [-0.3, -0.25) is 0 Å². The molecule has 0 saturated carbocycles. The zero-order valence-electron chi connectivity index (χ0n) is 12.1. The molecule has 0 radical (unpaired) electrons. The Hall–Kier alpha value is -1.38. The monoisotopic (exact) mass is 339 g/mol. The average Bonchev–Trinajstić information content (AvgIpc) is 3.00. The van der Waals surface area contributed by atoms with Gasteiger partial charge in [-0.25, -0.2) is 8.42 Å². The second-order valence-corrected chi connectivity index (χ2v) is 8.58. The Balaban J connectivity index is 1.88. The molecule has 1 N–H and O–H groups in total. The molecule has 1 aromatic heterocycles. The van der Waals surface area contributed by atoms with Gasteiger partial charge in [0.25, 0.3) is 0 Å². The Morgan fingerprint density at radius 3 is 2.59 bits per heavy atom. The van der Waals surface area contributed by atoms with Gasteiger partial charge in [0.2, 0.25) is 0 Å². The van der Waals surface area contributed by atoms with Gasteiger partial charge in [0.15, 0.2) is 20.8 Å². The van der Waals surface area contributed by atoms with Gasteiger partial charge in [0.1, 0.15) is 0 Å². The van der Waals surface area contributed by atoms with Gasteiger partial charge in [-0.15, -0.1) is 10.2 Å². The van der Waals surface area contributed by atoms with Crippen LogP contribution in [-0.4, -0.2) is 51.1 Å². The Labute approximate surface area is 133 Å². The molecule has 0 unspecified atom stereocenters. The van der Waals surface area contributed by atoms with Crippen LogP contribution in [0.5, 0.6) is 0 Å². The van der Waals surface area contributed by atoms with E-state index in [2.05, 4.69) is 10.2 Å². The van der Waals surface area contributed by atoms with Crippen molar-refractivity contribution in [1.29, 1.82) is 0 Å². The largest absolute Gasteiger partial charge is 0.391 e. The Kier molecular flexibility index (Phi) is 4.24. The van der Waals surface area contributed by atoms with Crippen molar-refractivity contribution in [2.24, 2.45) is 0 Å². The topological polar surface area (TPSA) is 85.1 Å². The maximum absolute atomic E-state index is 11.6. The molecule has 118 valence electrons. The number of thioether (sulfide) groups is 1. The summed E-state index contributed by atoms with van der Waals surface area (Å²) in [5.41, 5.74) is 0.961. The maximum atomic E-state index is 11.6. The number of hydrogen-bond acceptors (Lipinski definition) is 6. The first-order valence-electron chi connectivity index (χ1n) is 7.04.